The average molecular weight is 631 g/mol. The molecule has 2 amide bonds. The van der Waals surface area contributed by atoms with E-state index in [-0.39, 0.29) is 111 Å². The molecule has 221 valence electrons. The molecule has 6 aliphatic rings. The third-order valence-corrected chi connectivity index (χ3v) is 11.9. The van der Waals surface area contributed by atoms with Crippen LogP contribution in [0.25, 0.3) is 0 Å². The maximum absolute atomic E-state index is 14.1. The van der Waals surface area contributed by atoms with Crippen LogP contribution in [0, 0.1) is 76.4 Å². The van der Waals surface area contributed by atoms with E-state index in [2.05, 4.69) is 6.92 Å². The van der Waals surface area contributed by atoms with Gasteiger partial charge in [-0.2, -0.15) is 0 Å². The minimum absolute atomic E-state index is 0. The molecule has 5 aliphatic carbocycles. The molecule has 0 aromatic carbocycles. The number of amides is 2. The summed E-state index contributed by atoms with van der Waals surface area (Å²) >= 11 is 0. The van der Waals surface area contributed by atoms with Crippen molar-refractivity contribution in [2.45, 2.75) is 99.5 Å². The molecule has 12 unspecified atom stereocenters. The number of likely N-dealkylation sites (tertiary alicyclic amines) is 1. The van der Waals surface area contributed by atoms with Crippen molar-refractivity contribution >= 4 is 23.4 Å². The van der Waals surface area contributed by atoms with Gasteiger partial charge in [-0.05, 0) is 100 Å². The molecule has 4 bridgehead atoms. The van der Waals surface area contributed by atoms with E-state index in [0.717, 1.165) is 32.1 Å². The summed E-state index contributed by atoms with van der Waals surface area (Å²) in [6, 6.07) is 0. The Labute approximate surface area is 266 Å². The largest absolute Gasteiger partial charge is 0.396 e. The van der Waals surface area contributed by atoms with Crippen molar-refractivity contribution in [3.05, 3.63) is 0 Å². The summed E-state index contributed by atoms with van der Waals surface area (Å²) in [5.41, 5.74) is -0.954. The van der Waals surface area contributed by atoms with Crippen LogP contribution < -0.4 is 0 Å². The number of ketones is 2. The fraction of sp³-hybridized carbons (Fsp3) is 0.879. The molecule has 1 aliphatic heterocycles. The van der Waals surface area contributed by atoms with Crippen molar-refractivity contribution in [2.24, 2.45) is 76.4 Å². The Morgan fingerprint density at radius 3 is 1.98 bits per heavy atom. The van der Waals surface area contributed by atoms with Crippen LogP contribution in [-0.4, -0.2) is 45.5 Å². The topological polar surface area (TPSA) is 91.8 Å². The van der Waals surface area contributed by atoms with Crippen molar-refractivity contribution < 1.29 is 57.0 Å². The minimum Gasteiger partial charge on any atom is -0.396 e. The van der Waals surface area contributed by atoms with Crippen LogP contribution in [0.4, 0.5) is 0 Å². The van der Waals surface area contributed by atoms with Crippen molar-refractivity contribution in [1.82, 2.24) is 4.90 Å². The SMILES string of the molecule is CC1C(=O)N(C(C)(C)C)C(=O)C1C1C2CCC(C(C(=O)C(C)(C)C)C2)C1C1C2CC(C(=O)CCO)C(C2)C1C.[Y]. The number of carbonyl (C=O) groups is 4. The first-order valence-electron chi connectivity index (χ1n) is 15.6. The second-order valence-electron chi connectivity index (χ2n) is 16.0. The van der Waals surface area contributed by atoms with E-state index in [1.807, 2.05) is 48.5 Å². The van der Waals surface area contributed by atoms with Gasteiger partial charge >= 0.3 is 0 Å². The predicted octanol–water partition coefficient (Wildman–Crippen LogP) is 5.16. The molecule has 1 saturated heterocycles. The molecule has 0 spiro atoms. The molecule has 7 heteroatoms. The number of aliphatic hydroxyl groups is 1. The maximum Gasteiger partial charge on any atom is 0.233 e. The molecule has 1 radical (unpaired) electrons. The Hall–Kier alpha value is -0.456. The summed E-state index contributed by atoms with van der Waals surface area (Å²) in [6.45, 7) is 16.1. The molecule has 40 heavy (non-hydrogen) atoms. The Balaban J connectivity index is 0.00000370. The van der Waals surface area contributed by atoms with E-state index in [9.17, 15) is 24.3 Å². The second kappa shape index (κ2) is 11.2. The van der Waals surface area contributed by atoms with Crippen molar-refractivity contribution in [1.29, 1.82) is 0 Å². The number of rotatable bonds is 6. The third kappa shape index (κ3) is 5.06. The molecule has 6 fully saturated rings. The van der Waals surface area contributed by atoms with E-state index in [0.29, 0.717) is 29.5 Å². The molecule has 0 aromatic rings. The first kappa shape index (κ1) is 32.5. The molecule has 1 N–H and O–H groups in total. The van der Waals surface area contributed by atoms with E-state index >= 15 is 0 Å². The number of imide groups is 1. The Morgan fingerprint density at radius 1 is 0.825 bits per heavy atom. The number of carbonyl (C=O) groups excluding carboxylic acids is 4. The maximum atomic E-state index is 14.1. The van der Waals surface area contributed by atoms with Crippen LogP contribution in [-0.2, 0) is 51.9 Å². The summed E-state index contributed by atoms with van der Waals surface area (Å²) in [7, 11) is 0. The van der Waals surface area contributed by atoms with Crippen molar-refractivity contribution in [3.8, 4) is 0 Å². The van der Waals surface area contributed by atoms with Gasteiger partial charge in [-0.15, -0.1) is 0 Å². The molecular formula is C33H51NO5Y. The summed E-state index contributed by atoms with van der Waals surface area (Å²) in [4.78, 5) is 55.9. The molecule has 1 heterocycles. The first-order chi connectivity index (χ1) is 18.1. The predicted molar refractivity (Wildman–Crippen MR) is 149 cm³/mol. The van der Waals surface area contributed by atoms with Gasteiger partial charge < -0.3 is 5.11 Å². The molecule has 5 saturated carbocycles. The second-order valence-corrected chi connectivity index (χ2v) is 16.0. The summed E-state index contributed by atoms with van der Waals surface area (Å²) in [5, 5.41) is 9.40. The van der Waals surface area contributed by atoms with Gasteiger partial charge in [-0.25, -0.2) is 0 Å². The van der Waals surface area contributed by atoms with Crippen LogP contribution in [0.15, 0.2) is 0 Å². The first-order valence-corrected chi connectivity index (χ1v) is 15.6. The van der Waals surface area contributed by atoms with Gasteiger partial charge in [-0.3, -0.25) is 24.1 Å². The van der Waals surface area contributed by atoms with Crippen LogP contribution >= 0.6 is 0 Å². The van der Waals surface area contributed by atoms with Crippen molar-refractivity contribution in [3.63, 3.8) is 0 Å². The van der Waals surface area contributed by atoms with Gasteiger partial charge in [0.2, 0.25) is 11.8 Å². The van der Waals surface area contributed by atoms with Gasteiger partial charge in [-0.1, -0.05) is 34.6 Å². The smallest absolute Gasteiger partial charge is 0.233 e. The van der Waals surface area contributed by atoms with E-state index < -0.39 is 11.0 Å². The molecule has 0 aromatic heterocycles. The van der Waals surface area contributed by atoms with E-state index in [4.69, 9.17) is 0 Å². The summed E-state index contributed by atoms with van der Waals surface area (Å²) in [5.74, 6) is 2.20. The van der Waals surface area contributed by atoms with Crippen molar-refractivity contribution in [2.75, 3.05) is 6.61 Å². The van der Waals surface area contributed by atoms with Gasteiger partial charge in [0.25, 0.3) is 0 Å². The normalized spacial score (nSPS) is 42.9. The zero-order valence-corrected chi connectivity index (χ0v) is 28.8. The van der Waals surface area contributed by atoms with Crippen LogP contribution in [0.5, 0.6) is 0 Å². The number of hydrogen-bond acceptors (Lipinski definition) is 5. The summed E-state index contributed by atoms with van der Waals surface area (Å²) < 4.78 is 0. The Morgan fingerprint density at radius 2 is 1.45 bits per heavy atom. The summed E-state index contributed by atoms with van der Waals surface area (Å²) in [6.07, 6.45) is 5.05. The van der Waals surface area contributed by atoms with Gasteiger partial charge in [0.05, 0.1) is 5.92 Å². The van der Waals surface area contributed by atoms with Gasteiger partial charge in [0.1, 0.15) is 11.6 Å². The van der Waals surface area contributed by atoms with Crippen LogP contribution in [0.3, 0.4) is 0 Å². The molecule has 12 atom stereocenters. The minimum atomic E-state index is -0.550. The Bertz CT molecular complexity index is 1040. The Kier molecular flexibility index (Phi) is 9.12. The van der Waals surface area contributed by atoms with E-state index in [1.54, 1.807) is 0 Å². The average Bonchev–Trinajstić information content (AvgIpc) is 3.47. The monoisotopic (exact) mass is 630 g/mol. The zero-order valence-electron chi connectivity index (χ0n) is 26.0. The van der Waals surface area contributed by atoms with Gasteiger partial charge in [0.15, 0.2) is 0 Å². The molecule has 6 nitrogen and oxygen atoms in total. The third-order valence-electron chi connectivity index (χ3n) is 11.9. The fourth-order valence-corrected chi connectivity index (χ4v) is 10.6. The standard InChI is InChI=1S/C33H51NO5.Y/c1-16-21-14-19(15-22(21)24(36)11-12-35)25(16)28-20-10-9-18(13-23(20)29(37)32(3,4)5)27(28)26-17(2)30(38)34(31(26)39)33(6,7)8;/h16-23,25-28,35H,9-15H2,1-8H3;. The number of Topliss-reactive ketones (excluding diaryl/α,β-unsaturated/α-hetero) is 2. The fourth-order valence-electron chi connectivity index (χ4n) is 10.6. The van der Waals surface area contributed by atoms with Crippen LogP contribution in [0.2, 0.25) is 0 Å². The van der Waals surface area contributed by atoms with Crippen LogP contribution in [0.1, 0.15) is 93.9 Å². The number of fused-ring (bicyclic) bond motifs is 5. The van der Waals surface area contributed by atoms with Gasteiger partial charge in [0, 0.05) is 74.4 Å². The molecular weight excluding hydrogens is 579 g/mol. The zero-order chi connectivity index (χ0) is 28.8. The number of aliphatic hydroxyl groups excluding tert-OH is 1. The quantitative estimate of drug-likeness (QED) is 0.410. The number of nitrogens with zero attached hydrogens (tertiary/aromatic N) is 1. The van der Waals surface area contributed by atoms with E-state index in [1.165, 1.54) is 4.90 Å². The number of hydrogen-bond donors (Lipinski definition) is 1. The molecule has 6 rings (SSSR count).